The molecule has 0 spiro atoms. The van der Waals surface area contributed by atoms with Gasteiger partial charge in [0.15, 0.2) is 0 Å². The number of rotatable bonds is 6. The summed E-state index contributed by atoms with van der Waals surface area (Å²) in [5.41, 5.74) is 1.19. The highest BCUT2D eigenvalue weighted by molar-refractivity contribution is 7.08. The smallest absolute Gasteiger partial charge is 0.257 e. The van der Waals surface area contributed by atoms with Gasteiger partial charge in [-0.25, -0.2) is 0 Å². The van der Waals surface area contributed by atoms with Crippen molar-refractivity contribution in [2.75, 3.05) is 32.7 Å². The van der Waals surface area contributed by atoms with E-state index in [4.69, 9.17) is 4.42 Å². The predicted octanol–water partition coefficient (Wildman–Crippen LogP) is 1.84. The fourth-order valence-electron chi connectivity index (χ4n) is 2.82. The fraction of sp³-hybridized carbons (Fsp3) is 0.389. The lowest BCUT2D eigenvalue weighted by atomic mass is 10.2. The van der Waals surface area contributed by atoms with E-state index in [0.29, 0.717) is 56.7 Å². The molecule has 1 fully saturated rings. The van der Waals surface area contributed by atoms with E-state index in [1.807, 2.05) is 5.38 Å². The van der Waals surface area contributed by atoms with Gasteiger partial charge in [0.1, 0.15) is 6.26 Å². The second kappa shape index (κ2) is 8.66. The number of hydrogen-bond acceptors (Lipinski definition) is 5. The normalized spacial score (nSPS) is 14.3. The van der Waals surface area contributed by atoms with Gasteiger partial charge in [0.2, 0.25) is 5.91 Å². The van der Waals surface area contributed by atoms with Crippen LogP contribution in [0.5, 0.6) is 0 Å². The molecule has 26 heavy (non-hydrogen) atoms. The van der Waals surface area contributed by atoms with Gasteiger partial charge >= 0.3 is 0 Å². The fourth-order valence-corrected chi connectivity index (χ4v) is 3.46. The molecule has 0 aromatic carbocycles. The van der Waals surface area contributed by atoms with Crippen molar-refractivity contribution in [3.63, 3.8) is 0 Å². The van der Waals surface area contributed by atoms with Crippen molar-refractivity contribution in [2.24, 2.45) is 0 Å². The minimum absolute atomic E-state index is 0.0604. The Morgan fingerprint density at radius 2 is 1.85 bits per heavy atom. The first-order valence-electron chi connectivity index (χ1n) is 8.55. The number of nitrogens with one attached hydrogen (secondary N) is 1. The Bertz CT molecular complexity index is 735. The first kappa shape index (κ1) is 18.2. The van der Waals surface area contributed by atoms with Crippen LogP contribution >= 0.6 is 11.3 Å². The molecule has 1 aliphatic rings. The van der Waals surface area contributed by atoms with Gasteiger partial charge in [-0.15, -0.1) is 0 Å². The Hall–Kier alpha value is -2.61. The van der Waals surface area contributed by atoms with E-state index in [0.717, 1.165) is 0 Å². The number of hydrogen-bond donors (Lipinski definition) is 1. The molecule has 8 heteroatoms. The molecule has 1 aliphatic heterocycles. The average molecular weight is 375 g/mol. The zero-order valence-electron chi connectivity index (χ0n) is 14.3. The number of furan rings is 1. The van der Waals surface area contributed by atoms with E-state index < -0.39 is 0 Å². The number of amides is 3. The van der Waals surface area contributed by atoms with Crippen molar-refractivity contribution in [3.8, 4) is 0 Å². The van der Waals surface area contributed by atoms with Crippen LogP contribution in [0.15, 0.2) is 39.8 Å². The maximum absolute atomic E-state index is 12.3. The SMILES string of the molecule is O=C(NCCCC(=O)N1CCN(C(=O)c2ccoc2)CC1)c1ccsc1. The summed E-state index contributed by atoms with van der Waals surface area (Å²) in [6.45, 7) is 2.57. The zero-order chi connectivity index (χ0) is 18.4. The van der Waals surface area contributed by atoms with E-state index in [1.54, 1.807) is 27.3 Å². The van der Waals surface area contributed by atoms with E-state index in [-0.39, 0.29) is 17.7 Å². The van der Waals surface area contributed by atoms with Gasteiger partial charge in [0.25, 0.3) is 11.8 Å². The molecule has 0 aliphatic carbocycles. The molecule has 2 aromatic heterocycles. The maximum Gasteiger partial charge on any atom is 0.257 e. The molecular weight excluding hydrogens is 354 g/mol. The van der Waals surface area contributed by atoms with Gasteiger partial charge < -0.3 is 19.5 Å². The maximum atomic E-state index is 12.3. The number of carbonyl (C=O) groups excluding carboxylic acids is 3. The van der Waals surface area contributed by atoms with Crippen molar-refractivity contribution < 1.29 is 18.8 Å². The summed E-state index contributed by atoms with van der Waals surface area (Å²) in [6.07, 6.45) is 3.90. The molecule has 3 rings (SSSR count). The monoisotopic (exact) mass is 375 g/mol. The summed E-state index contributed by atoms with van der Waals surface area (Å²) in [6, 6.07) is 3.42. The highest BCUT2D eigenvalue weighted by Crippen LogP contribution is 2.11. The largest absolute Gasteiger partial charge is 0.472 e. The second-order valence-corrected chi connectivity index (χ2v) is 6.84. The van der Waals surface area contributed by atoms with Gasteiger partial charge in [-0.05, 0) is 23.9 Å². The molecule has 138 valence electrons. The minimum Gasteiger partial charge on any atom is -0.472 e. The van der Waals surface area contributed by atoms with Crippen LogP contribution in [0.2, 0.25) is 0 Å². The zero-order valence-corrected chi connectivity index (χ0v) is 15.2. The van der Waals surface area contributed by atoms with Gasteiger partial charge in [-0.3, -0.25) is 14.4 Å². The van der Waals surface area contributed by atoms with Crippen LogP contribution in [0.3, 0.4) is 0 Å². The first-order valence-corrected chi connectivity index (χ1v) is 9.49. The van der Waals surface area contributed by atoms with Crippen LogP contribution in [0.25, 0.3) is 0 Å². The summed E-state index contributed by atoms with van der Waals surface area (Å²) in [5.74, 6) is -0.114. The molecule has 0 radical (unpaired) electrons. The molecule has 0 saturated carbocycles. The van der Waals surface area contributed by atoms with E-state index in [2.05, 4.69) is 5.32 Å². The third-order valence-electron chi connectivity index (χ3n) is 4.32. The molecular formula is C18H21N3O4S. The van der Waals surface area contributed by atoms with Gasteiger partial charge in [0, 0.05) is 50.1 Å². The lowest BCUT2D eigenvalue weighted by molar-refractivity contribution is -0.132. The van der Waals surface area contributed by atoms with Crippen molar-refractivity contribution in [1.82, 2.24) is 15.1 Å². The van der Waals surface area contributed by atoms with Gasteiger partial charge in [0.05, 0.1) is 11.8 Å². The minimum atomic E-state index is -0.106. The Balaban J connectivity index is 1.35. The van der Waals surface area contributed by atoms with Gasteiger partial charge in [-0.1, -0.05) is 0 Å². The molecule has 7 nitrogen and oxygen atoms in total. The summed E-state index contributed by atoms with van der Waals surface area (Å²) >= 11 is 1.48. The Morgan fingerprint density at radius 3 is 2.50 bits per heavy atom. The van der Waals surface area contributed by atoms with Crippen LogP contribution in [0, 0.1) is 0 Å². The number of piperazine rings is 1. The highest BCUT2D eigenvalue weighted by atomic mass is 32.1. The lowest BCUT2D eigenvalue weighted by Crippen LogP contribution is -2.50. The van der Waals surface area contributed by atoms with E-state index in [1.165, 1.54) is 23.9 Å². The van der Waals surface area contributed by atoms with Crippen molar-refractivity contribution in [1.29, 1.82) is 0 Å². The predicted molar refractivity (Wildman–Crippen MR) is 97.1 cm³/mol. The summed E-state index contributed by atoms with van der Waals surface area (Å²) in [7, 11) is 0. The van der Waals surface area contributed by atoms with Crippen molar-refractivity contribution in [3.05, 3.63) is 46.5 Å². The Morgan fingerprint density at radius 1 is 1.08 bits per heavy atom. The molecule has 0 bridgehead atoms. The third kappa shape index (κ3) is 4.51. The van der Waals surface area contributed by atoms with Crippen molar-refractivity contribution >= 4 is 29.1 Å². The van der Waals surface area contributed by atoms with Crippen LogP contribution in [-0.2, 0) is 4.79 Å². The van der Waals surface area contributed by atoms with Crippen LogP contribution in [0.4, 0.5) is 0 Å². The second-order valence-electron chi connectivity index (χ2n) is 6.06. The summed E-state index contributed by atoms with van der Waals surface area (Å²) in [5, 5.41) is 6.47. The molecule has 0 atom stereocenters. The number of carbonyl (C=O) groups is 3. The van der Waals surface area contributed by atoms with Crippen LogP contribution < -0.4 is 5.32 Å². The topological polar surface area (TPSA) is 82.9 Å². The lowest BCUT2D eigenvalue weighted by Gasteiger charge is -2.34. The van der Waals surface area contributed by atoms with Crippen molar-refractivity contribution in [2.45, 2.75) is 12.8 Å². The first-order chi connectivity index (χ1) is 12.6. The van der Waals surface area contributed by atoms with Gasteiger partial charge in [-0.2, -0.15) is 11.3 Å². The molecule has 1 saturated heterocycles. The number of thiophene rings is 1. The summed E-state index contributed by atoms with van der Waals surface area (Å²) < 4.78 is 4.94. The van der Waals surface area contributed by atoms with E-state index in [9.17, 15) is 14.4 Å². The standard InChI is InChI=1S/C18H21N3O4S/c22-16(2-1-5-19-17(23)15-4-11-26-13-15)20-6-8-21(9-7-20)18(24)14-3-10-25-12-14/h3-4,10-13H,1-2,5-9H2,(H,19,23). The number of nitrogens with zero attached hydrogens (tertiary/aromatic N) is 2. The Kier molecular flexibility index (Phi) is 6.06. The van der Waals surface area contributed by atoms with Crippen LogP contribution in [-0.4, -0.2) is 60.2 Å². The quantitative estimate of drug-likeness (QED) is 0.781. The molecule has 2 aromatic rings. The molecule has 3 amide bonds. The molecule has 1 N–H and O–H groups in total. The Labute approximate surface area is 155 Å². The highest BCUT2D eigenvalue weighted by Gasteiger charge is 2.25. The molecule has 3 heterocycles. The third-order valence-corrected chi connectivity index (χ3v) is 5.01. The molecule has 0 unspecified atom stereocenters. The average Bonchev–Trinajstić information content (AvgIpc) is 3.38. The van der Waals surface area contributed by atoms with E-state index >= 15 is 0 Å². The van der Waals surface area contributed by atoms with Crippen LogP contribution in [0.1, 0.15) is 33.6 Å². The summed E-state index contributed by atoms with van der Waals surface area (Å²) in [4.78, 5) is 39.8.